The van der Waals surface area contributed by atoms with E-state index in [1.54, 1.807) is 12.1 Å². The molecule has 4 rings (SSSR count). The fraction of sp³-hybridized carbons (Fsp3) is 0.250. The van der Waals surface area contributed by atoms with E-state index in [0.29, 0.717) is 29.0 Å². The van der Waals surface area contributed by atoms with E-state index in [2.05, 4.69) is 9.88 Å². The van der Waals surface area contributed by atoms with E-state index in [9.17, 15) is 13.2 Å². The Hall–Kier alpha value is -2.47. The standard InChI is InChI=1S/C20H16ClF3N2O/c1-12-5-2-3-7-15(12)26-10-9-13-18(26)17-14(25-19(13)21)6-4-8-16(17)27-11-20(22,23)24/h2-8H,9-11H2,1H3. The van der Waals surface area contributed by atoms with Gasteiger partial charge >= 0.3 is 6.18 Å². The van der Waals surface area contributed by atoms with Gasteiger partial charge in [-0.1, -0.05) is 35.9 Å². The average molecular weight is 393 g/mol. The minimum absolute atomic E-state index is 0.158. The van der Waals surface area contributed by atoms with E-state index in [-0.39, 0.29) is 5.75 Å². The Morgan fingerprint density at radius 3 is 2.67 bits per heavy atom. The summed E-state index contributed by atoms with van der Waals surface area (Å²) in [5.41, 5.74) is 4.18. The zero-order valence-electron chi connectivity index (χ0n) is 14.5. The van der Waals surface area contributed by atoms with E-state index in [0.717, 1.165) is 22.5 Å². The number of benzene rings is 2. The molecule has 2 aromatic carbocycles. The molecule has 0 spiro atoms. The zero-order chi connectivity index (χ0) is 19.2. The van der Waals surface area contributed by atoms with Crippen molar-refractivity contribution in [3.63, 3.8) is 0 Å². The lowest BCUT2D eigenvalue weighted by atomic mass is 10.1. The Bertz CT molecular complexity index is 1020. The van der Waals surface area contributed by atoms with Crippen LogP contribution < -0.4 is 9.64 Å². The molecule has 0 atom stereocenters. The number of pyridine rings is 1. The third-order valence-electron chi connectivity index (χ3n) is 4.65. The molecule has 0 saturated carbocycles. The Labute approximate surface area is 159 Å². The predicted octanol–water partition coefficient (Wildman–Crippen LogP) is 5.83. The van der Waals surface area contributed by atoms with Crippen molar-refractivity contribution in [2.24, 2.45) is 0 Å². The van der Waals surface area contributed by atoms with Gasteiger partial charge in [0.2, 0.25) is 0 Å². The summed E-state index contributed by atoms with van der Waals surface area (Å²) in [5.74, 6) is 0.158. The Morgan fingerprint density at radius 1 is 1.15 bits per heavy atom. The van der Waals surface area contributed by atoms with Crippen LogP contribution in [0.5, 0.6) is 5.75 Å². The molecule has 0 aliphatic carbocycles. The van der Waals surface area contributed by atoms with Gasteiger partial charge in [-0.15, -0.1) is 0 Å². The molecule has 0 radical (unpaired) electrons. The summed E-state index contributed by atoms with van der Waals surface area (Å²) in [4.78, 5) is 6.46. The lowest BCUT2D eigenvalue weighted by molar-refractivity contribution is -0.153. The van der Waals surface area contributed by atoms with Crippen LogP contribution in [0, 0.1) is 6.92 Å². The summed E-state index contributed by atoms with van der Waals surface area (Å²) in [6, 6.07) is 12.8. The number of hydrogen-bond donors (Lipinski definition) is 0. The molecule has 0 fully saturated rings. The first-order chi connectivity index (χ1) is 12.8. The maximum Gasteiger partial charge on any atom is 0.422 e. The molecule has 7 heteroatoms. The summed E-state index contributed by atoms with van der Waals surface area (Å²) >= 11 is 6.38. The Balaban J connectivity index is 1.92. The summed E-state index contributed by atoms with van der Waals surface area (Å²) in [5, 5.41) is 0.934. The molecular formula is C20H16ClF3N2O. The van der Waals surface area contributed by atoms with Crippen molar-refractivity contribution in [1.29, 1.82) is 0 Å². The molecule has 2 heterocycles. The van der Waals surface area contributed by atoms with Crippen molar-refractivity contribution >= 4 is 33.9 Å². The number of aromatic nitrogens is 1. The summed E-state index contributed by atoms with van der Waals surface area (Å²) in [6.07, 6.45) is -3.75. The number of anilines is 2. The molecule has 1 aliphatic rings. The fourth-order valence-corrected chi connectivity index (χ4v) is 3.79. The van der Waals surface area contributed by atoms with Gasteiger partial charge in [0.15, 0.2) is 6.61 Å². The minimum Gasteiger partial charge on any atom is -0.483 e. The number of nitrogens with zero attached hydrogens (tertiary/aromatic N) is 2. The van der Waals surface area contributed by atoms with Gasteiger partial charge in [0.05, 0.1) is 16.6 Å². The minimum atomic E-state index is -4.42. The summed E-state index contributed by atoms with van der Waals surface area (Å²) in [6.45, 7) is 1.32. The predicted molar refractivity (Wildman–Crippen MR) is 100 cm³/mol. The van der Waals surface area contributed by atoms with Gasteiger partial charge in [-0.2, -0.15) is 13.2 Å². The molecule has 3 aromatic rings. The van der Waals surface area contributed by atoms with Crippen LogP contribution in [-0.2, 0) is 6.42 Å². The van der Waals surface area contributed by atoms with Crippen LogP contribution >= 0.6 is 11.6 Å². The number of alkyl halides is 3. The fourth-order valence-electron chi connectivity index (χ4n) is 3.51. The number of fused-ring (bicyclic) bond motifs is 3. The third-order valence-corrected chi connectivity index (χ3v) is 4.96. The monoisotopic (exact) mass is 392 g/mol. The highest BCUT2D eigenvalue weighted by Crippen LogP contribution is 2.46. The molecule has 1 aromatic heterocycles. The summed E-state index contributed by atoms with van der Waals surface area (Å²) in [7, 11) is 0. The maximum absolute atomic E-state index is 12.7. The van der Waals surface area contributed by atoms with Crippen LogP contribution in [0.1, 0.15) is 11.1 Å². The van der Waals surface area contributed by atoms with E-state index < -0.39 is 12.8 Å². The van der Waals surface area contributed by atoms with Crippen LogP contribution in [0.4, 0.5) is 24.5 Å². The van der Waals surface area contributed by atoms with Crippen molar-refractivity contribution in [1.82, 2.24) is 4.98 Å². The third kappa shape index (κ3) is 3.30. The van der Waals surface area contributed by atoms with Crippen LogP contribution in [0.2, 0.25) is 5.15 Å². The van der Waals surface area contributed by atoms with Crippen LogP contribution in [0.25, 0.3) is 10.9 Å². The van der Waals surface area contributed by atoms with Crippen molar-refractivity contribution in [2.75, 3.05) is 18.1 Å². The number of hydrogen-bond acceptors (Lipinski definition) is 3. The van der Waals surface area contributed by atoms with Gasteiger partial charge in [-0.3, -0.25) is 0 Å². The van der Waals surface area contributed by atoms with Gasteiger partial charge in [0, 0.05) is 17.8 Å². The maximum atomic E-state index is 12.7. The van der Waals surface area contributed by atoms with Crippen molar-refractivity contribution in [3.05, 3.63) is 58.7 Å². The van der Waals surface area contributed by atoms with Crippen LogP contribution in [-0.4, -0.2) is 24.3 Å². The molecular weight excluding hydrogens is 377 g/mol. The molecule has 3 nitrogen and oxygen atoms in total. The lowest BCUT2D eigenvalue weighted by Crippen LogP contribution is -2.20. The van der Waals surface area contributed by atoms with Crippen molar-refractivity contribution in [3.8, 4) is 5.75 Å². The van der Waals surface area contributed by atoms with Gasteiger partial charge in [-0.25, -0.2) is 4.98 Å². The molecule has 0 bridgehead atoms. The van der Waals surface area contributed by atoms with Crippen LogP contribution in [0.15, 0.2) is 42.5 Å². The van der Waals surface area contributed by atoms with Crippen LogP contribution in [0.3, 0.4) is 0 Å². The first-order valence-corrected chi connectivity index (χ1v) is 8.87. The zero-order valence-corrected chi connectivity index (χ0v) is 15.2. The average Bonchev–Trinajstić information content (AvgIpc) is 3.05. The quantitative estimate of drug-likeness (QED) is 0.524. The van der Waals surface area contributed by atoms with E-state index in [4.69, 9.17) is 16.3 Å². The highest BCUT2D eigenvalue weighted by atomic mass is 35.5. The molecule has 0 N–H and O–H groups in total. The van der Waals surface area contributed by atoms with Gasteiger partial charge in [0.1, 0.15) is 10.9 Å². The number of para-hydroxylation sites is 1. The highest BCUT2D eigenvalue weighted by Gasteiger charge is 2.31. The SMILES string of the molecule is Cc1ccccc1N1CCc2c(Cl)nc3cccc(OCC(F)(F)F)c3c21. The second-order valence-electron chi connectivity index (χ2n) is 6.47. The van der Waals surface area contributed by atoms with Crippen molar-refractivity contribution in [2.45, 2.75) is 19.5 Å². The Morgan fingerprint density at radius 2 is 1.93 bits per heavy atom. The second-order valence-corrected chi connectivity index (χ2v) is 6.83. The van der Waals surface area contributed by atoms with E-state index in [1.165, 1.54) is 6.07 Å². The van der Waals surface area contributed by atoms with Gasteiger partial charge in [0.25, 0.3) is 0 Å². The highest BCUT2D eigenvalue weighted by molar-refractivity contribution is 6.31. The molecule has 0 unspecified atom stereocenters. The van der Waals surface area contributed by atoms with Gasteiger partial charge < -0.3 is 9.64 Å². The van der Waals surface area contributed by atoms with E-state index in [1.807, 2.05) is 31.2 Å². The second kappa shape index (κ2) is 6.60. The smallest absolute Gasteiger partial charge is 0.422 e. The molecule has 1 aliphatic heterocycles. The lowest BCUT2D eigenvalue weighted by Gasteiger charge is -2.24. The number of aryl methyl sites for hydroxylation is 1. The molecule has 140 valence electrons. The molecule has 0 saturated heterocycles. The van der Waals surface area contributed by atoms with E-state index >= 15 is 0 Å². The van der Waals surface area contributed by atoms with Gasteiger partial charge in [-0.05, 0) is 37.1 Å². The molecule has 27 heavy (non-hydrogen) atoms. The topological polar surface area (TPSA) is 25.4 Å². The molecule has 0 amide bonds. The first kappa shape index (κ1) is 17.9. The number of halogens is 4. The Kier molecular flexibility index (Phi) is 4.38. The summed E-state index contributed by atoms with van der Waals surface area (Å²) < 4.78 is 43.2. The largest absolute Gasteiger partial charge is 0.483 e. The first-order valence-electron chi connectivity index (χ1n) is 8.49. The number of ether oxygens (including phenoxy) is 1. The normalized spacial score (nSPS) is 13.9. The number of rotatable bonds is 3. The van der Waals surface area contributed by atoms with Crippen molar-refractivity contribution < 1.29 is 17.9 Å².